The predicted molar refractivity (Wildman–Crippen MR) is 96.9 cm³/mol. The van der Waals surface area contributed by atoms with Crippen molar-refractivity contribution in [2.75, 3.05) is 13.2 Å². The van der Waals surface area contributed by atoms with E-state index in [4.69, 9.17) is 4.74 Å². The lowest BCUT2D eigenvalue weighted by atomic mass is 9.49. The highest BCUT2D eigenvalue weighted by Crippen LogP contribution is 2.60. The van der Waals surface area contributed by atoms with E-state index in [1.54, 1.807) is 0 Å². The molecule has 0 aliphatic heterocycles. The van der Waals surface area contributed by atoms with Gasteiger partial charge >= 0.3 is 30.0 Å². The topological polar surface area (TPSA) is 52.6 Å². The molecule has 4 aliphatic rings. The van der Waals surface area contributed by atoms with E-state index < -0.39 is 54.0 Å². The maximum atomic E-state index is 13.5. The first kappa shape index (κ1) is 25.1. The number of alkyl halides is 7. The van der Waals surface area contributed by atoms with Gasteiger partial charge in [-0.3, -0.25) is 9.59 Å². The molecule has 0 radical (unpaired) electrons. The molecule has 0 aromatic rings. The molecule has 4 rings (SSSR count). The number of carbonyl (C=O) groups excluding carboxylic acids is 2. The highest BCUT2D eigenvalue weighted by molar-refractivity contribution is 5.79. The van der Waals surface area contributed by atoms with Crippen molar-refractivity contribution in [3.63, 3.8) is 0 Å². The first-order valence-electron chi connectivity index (χ1n) is 10.7. The average Bonchev–Trinajstić information content (AvgIpc) is 2.67. The summed E-state index contributed by atoms with van der Waals surface area (Å²) in [6.07, 6.45) is -1.23. The Bertz CT molecular complexity index is 714. The Morgan fingerprint density at radius 3 is 1.72 bits per heavy atom. The molecule has 4 aliphatic carbocycles. The summed E-state index contributed by atoms with van der Waals surface area (Å²) in [6, 6.07) is 0. The minimum Gasteiger partial charge on any atom is -0.464 e. The molecule has 32 heavy (non-hydrogen) atoms. The van der Waals surface area contributed by atoms with Gasteiger partial charge in [-0.25, -0.2) is 0 Å². The summed E-state index contributed by atoms with van der Waals surface area (Å²) in [6.45, 7) is -0.300. The van der Waals surface area contributed by atoms with Crippen molar-refractivity contribution in [1.82, 2.24) is 0 Å². The van der Waals surface area contributed by atoms with Crippen LogP contribution in [-0.2, 0) is 19.1 Å². The minimum absolute atomic E-state index is 0.0682. The average molecular weight is 476 g/mol. The van der Waals surface area contributed by atoms with Crippen LogP contribution in [0.2, 0.25) is 0 Å². The summed E-state index contributed by atoms with van der Waals surface area (Å²) in [5.41, 5.74) is -2.29. The van der Waals surface area contributed by atoms with Crippen molar-refractivity contribution in [2.45, 2.75) is 76.8 Å². The molecule has 0 saturated heterocycles. The predicted octanol–water partition coefficient (Wildman–Crippen LogP) is 5.54. The number of esters is 2. The Kier molecular flexibility index (Phi) is 6.30. The van der Waals surface area contributed by atoms with Crippen molar-refractivity contribution in [3.05, 3.63) is 0 Å². The number of rotatable bonds is 8. The van der Waals surface area contributed by atoms with Crippen molar-refractivity contribution >= 4 is 11.9 Å². The second kappa shape index (κ2) is 8.04. The third kappa shape index (κ3) is 4.32. The first-order valence-corrected chi connectivity index (χ1v) is 10.7. The highest BCUT2D eigenvalue weighted by Gasteiger charge is 2.73. The van der Waals surface area contributed by atoms with Gasteiger partial charge in [-0.15, -0.1) is 0 Å². The lowest BCUT2D eigenvalue weighted by molar-refractivity contribution is -0.360. The van der Waals surface area contributed by atoms with E-state index in [1.165, 1.54) is 13.8 Å². The van der Waals surface area contributed by atoms with Crippen LogP contribution < -0.4 is 0 Å². The van der Waals surface area contributed by atoms with E-state index in [1.807, 2.05) is 0 Å². The van der Waals surface area contributed by atoms with E-state index >= 15 is 0 Å². The van der Waals surface area contributed by atoms with Gasteiger partial charge in [-0.2, -0.15) is 30.7 Å². The van der Waals surface area contributed by atoms with Gasteiger partial charge in [0.15, 0.2) is 6.61 Å². The standard InChI is InChI=1S/C21H27F7O4/c1-3-17(2,15(29)32-11-19(22,23)20(24,25)21(26,27)28)10-31-16(30)18-7-12-4-13(8-18)6-14(5-12)9-18/h12-14H,3-11H2,1-2H3. The van der Waals surface area contributed by atoms with Crippen molar-refractivity contribution in [2.24, 2.45) is 28.6 Å². The van der Waals surface area contributed by atoms with Crippen LogP contribution in [0.1, 0.15) is 58.8 Å². The summed E-state index contributed by atoms with van der Waals surface area (Å²) >= 11 is 0. The lowest BCUT2D eigenvalue weighted by Crippen LogP contribution is -2.55. The third-order valence-electron chi connectivity index (χ3n) is 7.47. The molecular formula is C21H27F7O4. The molecule has 4 fully saturated rings. The second-order valence-corrected chi connectivity index (χ2v) is 10.0. The van der Waals surface area contributed by atoms with Gasteiger partial charge in [-0.05, 0) is 69.6 Å². The molecule has 0 amide bonds. The SMILES string of the molecule is CCC(C)(COC(=O)C12CC3CC(CC(C3)C1)C2)C(=O)OCC(F)(F)C(F)(F)C(F)(F)F. The molecule has 11 heteroatoms. The van der Waals surface area contributed by atoms with Crippen molar-refractivity contribution < 1.29 is 49.8 Å². The summed E-state index contributed by atoms with van der Waals surface area (Å²) in [5, 5.41) is 0. The molecule has 4 nitrogen and oxygen atoms in total. The molecule has 4 saturated carbocycles. The molecule has 1 unspecified atom stereocenters. The first-order chi connectivity index (χ1) is 14.6. The summed E-state index contributed by atoms with van der Waals surface area (Å²) < 4.78 is 99.2. The second-order valence-electron chi connectivity index (χ2n) is 10.0. The van der Waals surface area contributed by atoms with Gasteiger partial charge in [0.05, 0.1) is 10.8 Å². The van der Waals surface area contributed by atoms with Crippen LogP contribution in [0.3, 0.4) is 0 Å². The smallest absolute Gasteiger partial charge is 0.460 e. The van der Waals surface area contributed by atoms with Crippen LogP contribution in [0.15, 0.2) is 0 Å². The fourth-order valence-electron chi connectivity index (χ4n) is 5.67. The highest BCUT2D eigenvalue weighted by atomic mass is 19.4. The molecule has 0 heterocycles. The Balaban J connectivity index is 1.60. The minimum atomic E-state index is -6.51. The van der Waals surface area contributed by atoms with E-state index in [9.17, 15) is 40.3 Å². The van der Waals surface area contributed by atoms with Crippen LogP contribution in [0.4, 0.5) is 30.7 Å². The number of carbonyl (C=O) groups is 2. The van der Waals surface area contributed by atoms with Gasteiger partial charge < -0.3 is 9.47 Å². The van der Waals surface area contributed by atoms with Crippen LogP contribution in [0.5, 0.6) is 0 Å². The summed E-state index contributed by atoms with van der Waals surface area (Å²) in [5.74, 6) is -12.6. The van der Waals surface area contributed by atoms with Crippen molar-refractivity contribution in [1.29, 1.82) is 0 Å². The fraction of sp³-hybridized carbons (Fsp3) is 0.905. The van der Waals surface area contributed by atoms with Crippen LogP contribution in [0, 0.1) is 28.6 Å². The van der Waals surface area contributed by atoms with E-state index in [0.717, 1.165) is 19.3 Å². The Hall–Kier alpha value is -1.55. The molecule has 0 N–H and O–H groups in total. The fourth-order valence-corrected chi connectivity index (χ4v) is 5.67. The van der Waals surface area contributed by atoms with Crippen LogP contribution in [0.25, 0.3) is 0 Å². The molecular weight excluding hydrogens is 449 g/mol. The third-order valence-corrected chi connectivity index (χ3v) is 7.47. The number of hydrogen-bond acceptors (Lipinski definition) is 4. The maximum absolute atomic E-state index is 13.5. The molecule has 0 aromatic heterocycles. The monoisotopic (exact) mass is 476 g/mol. The molecule has 1 atom stereocenters. The van der Waals surface area contributed by atoms with Crippen molar-refractivity contribution in [3.8, 4) is 0 Å². The molecule has 184 valence electrons. The van der Waals surface area contributed by atoms with Gasteiger partial charge in [0.1, 0.15) is 6.61 Å². The summed E-state index contributed by atoms with van der Waals surface area (Å²) in [4.78, 5) is 25.2. The maximum Gasteiger partial charge on any atom is 0.460 e. The van der Waals surface area contributed by atoms with E-state index in [-0.39, 0.29) is 6.42 Å². The van der Waals surface area contributed by atoms with Gasteiger partial charge in [0.2, 0.25) is 0 Å². The van der Waals surface area contributed by atoms with Gasteiger partial charge in [0, 0.05) is 0 Å². The molecule has 4 bridgehead atoms. The zero-order valence-corrected chi connectivity index (χ0v) is 17.9. The normalized spacial score (nSPS) is 31.8. The Morgan fingerprint density at radius 2 is 1.31 bits per heavy atom. The zero-order valence-electron chi connectivity index (χ0n) is 17.9. The molecule has 0 aromatic carbocycles. The molecule has 0 spiro atoms. The Labute approximate surface area is 181 Å². The summed E-state index contributed by atoms with van der Waals surface area (Å²) in [7, 11) is 0. The van der Waals surface area contributed by atoms with E-state index in [0.29, 0.717) is 37.0 Å². The van der Waals surface area contributed by atoms with Gasteiger partial charge in [-0.1, -0.05) is 6.92 Å². The quantitative estimate of drug-likeness (QED) is 0.341. The number of halogens is 7. The van der Waals surface area contributed by atoms with Gasteiger partial charge in [0.25, 0.3) is 0 Å². The number of ether oxygens (including phenoxy) is 2. The zero-order chi connectivity index (χ0) is 24.2. The van der Waals surface area contributed by atoms with Crippen LogP contribution >= 0.6 is 0 Å². The van der Waals surface area contributed by atoms with E-state index in [2.05, 4.69) is 4.74 Å². The van der Waals surface area contributed by atoms with Crippen LogP contribution in [-0.4, -0.2) is 43.2 Å². The largest absolute Gasteiger partial charge is 0.464 e. The lowest BCUT2D eigenvalue weighted by Gasteiger charge is -2.55. The Morgan fingerprint density at radius 1 is 0.844 bits per heavy atom. The number of hydrogen-bond donors (Lipinski definition) is 0.